The number of pyridine rings is 1. The molecule has 1 atom stereocenters. The Kier molecular flexibility index (Phi) is 8.46. The third-order valence-corrected chi connectivity index (χ3v) is 6.65. The predicted molar refractivity (Wildman–Crippen MR) is 121 cm³/mol. The summed E-state index contributed by atoms with van der Waals surface area (Å²) in [6.45, 7) is 2.05. The fraction of sp³-hybridized carbons (Fsp3) is 0.450. The lowest BCUT2D eigenvalue weighted by atomic mass is 9.95. The summed E-state index contributed by atoms with van der Waals surface area (Å²) in [4.78, 5) is 33.1. The second kappa shape index (κ2) is 10.4. The van der Waals surface area contributed by atoms with Crippen molar-refractivity contribution in [2.24, 2.45) is 11.7 Å². The van der Waals surface area contributed by atoms with Gasteiger partial charge in [-0.05, 0) is 62.3 Å². The number of carbonyl (C=O) groups excluding carboxylic acids is 2. The van der Waals surface area contributed by atoms with Crippen LogP contribution in [-0.2, 0) is 12.8 Å². The third kappa shape index (κ3) is 4.91. The van der Waals surface area contributed by atoms with Gasteiger partial charge in [-0.1, -0.05) is 0 Å². The Morgan fingerprint density at radius 3 is 2.76 bits per heavy atom. The van der Waals surface area contributed by atoms with Gasteiger partial charge in [0.1, 0.15) is 5.00 Å². The summed E-state index contributed by atoms with van der Waals surface area (Å²) >= 11 is 1.55. The number of anilines is 1. The van der Waals surface area contributed by atoms with Crippen LogP contribution in [0.5, 0.6) is 0 Å². The average Bonchev–Trinajstić information content (AvgIpc) is 3.32. The lowest BCUT2D eigenvalue weighted by Crippen LogP contribution is -2.31. The summed E-state index contributed by atoms with van der Waals surface area (Å²) in [5.74, 6) is 0.181. The van der Waals surface area contributed by atoms with Crippen molar-refractivity contribution >= 4 is 53.0 Å². The first-order valence-electron chi connectivity index (χ1n) is 9.52. The Labute approximate surface area is 187 Å². The molecule has 1 aliphatic carbocycles. The summed E-state index contributed by atoms with van der Waals surface area (Å²) in [6.07, 6.45) is 8.24. The number of halogens is 2. The van der Waals surface area contributed by atoms with Gasteiger partial charge in [0.15, 0.2) is 0 Å². The Morgan fingerprint density at radius 1 is 1.28 bits per heavy atom. The van der Waals surface area contributed by atoms with E-state index in [0.29, 0.717) is 35.1 Å². The number of thiophene rings is 1. The number of hydrogen-bond donors (Lipinski definition) is 2. The molecule has 1 fully saturated rings. The third-order valence-electron chi connectivity index (χ3n) is 5.44. The fourth-order valence-corrected chi connectivity index (χ4v) is 5.20. The molecule has 2 aromatic heterocycles. The van der Waals surface area contributed by atoms with Crippen molar-refractivity contribution in [3.05, 3.63) is 46.1 Å². The van der Waals surface area contributed by atoms with Crippen LogP contribution in [0.2, 0.25) is 0 Å². The molecule has 2 aliphatic rings. The highest BCUT2D eigenvalue weighted by atomic mass is 35.5. The van der Waals surface area contributed by atoms with Crippen molar-refractivity contribution in [2.75, 3.05) is 25.0 Å². The van der Waals surface area contributed by atoms with E-state index in [1.807, 2.05) is 4.90 Å². The van der Waals surface area contributed by atoms with Gasteiger partial charge in [0.05, 0.1) is 11.1 Å². The van der Waals surface area contributed by atoms with Crippen molar-refractivity contribution in [2.45, 2.75) is 32.1 Å². The van der Waals surface area contributed by atoms with Crippen molar-refractivity contribution in [1.29, 1.82) is 0 Å². The Balaban J connectivity index is 0.00000150. The maximum absolute atomic E-state index is 13.3. The van der Waals surface area contributed by atoms with Crippen LogP contribution < -0.4 is 11.1 Å². The van der Waals surface area contributed by atoms with E-state index in [1.165, 1.54) is 11.1 Å². The minimum Gasteiger partial charge on any atom is -0.338 e. The normalized spacial score (nSPS) is 17.7. The molecule has 2 amide bonds. The molecule has 4 rings (SSSR count). The van der Waals surface area contributed by atoms with Gasteiger partial charge < -0.3 is 16.0 Å². The quantitative estimate of drug-likeness (QED) is 0.735. The number of amides is 2. The molecule has 1 aliphatic heterocycles. The van der Waals surface area contributed by atoms with Gasteiger partial charge in [0, 0.05) is 30.4 Å². The number of likely N-dealkylation sites (tertiary alicyclic amines) is 1. The molecule has 158 valence electrons. The molecule has 1 saturated heterocycles. The maximum Gasteiger partial charge on any atom is 0.257 e. The molecule has 0 saturated carbocycles. The van der Waals surface area contributed by atoms with E-state index in [0.717, 1.165) is 44.2 Å². The largest absolute Gasteiger partial charge is 0.338 e. The van der Waals surface area contributed by atoms with Gasteiger partial charge in [-0.15, -0.1) is 36.2 Å². The monoisotopic (exact) mass is 456 g/mol. The molecule has 0 spiro atoms. The molecule has 9 heteroatoms. The van der Waals surface area contributed by atoms with Crippen molar-refractivity contribution < 1.29 is 9.59 Å². The van der Waals surface area contributed by atoms with E-state index in [4.69, 9.17) is 5.73 Å². The first-order valence-corrected chi connectivity index (χ1v) is 10.3. The Morgan fingerprint density at radius 2 is 2.07 bits per heavy atom. The molecule has 1 unspecified atom stereocenters. The van der Waals surface area contributed by atoms with Crippen LogP contribution in [0.4, 0.5) is 5.00 Å². The number of nitrogens with two attached hydrogens (primary N) is 1. The summed E-state index contributed by atoms with van der Waals surface area (Å²) in [5.41, 5.74) is 8.11. The van der Waals surface area contributed by atoms with E-state index < -0.39 is 0 Å². The van der Waals surface area contributed by atoms with Gasteiger partial charge in [-0.25, -0.2) is 0 Å². The van der Waals surface area contributed by atoms with Crippen LogP contribution in [0.15, 0.2) is 24.5 Å². The topological polar surface area (TPSA) is 88.3 Å². The molecule has 0 bridgehead atoms. The second-order valence-corrected chi connectivity index (χ2v) is 8.36. The number of fused-ring (bicyclic) bond motifs is 1. The minimum absolute atomic E-state index is 0. The lowest BCUT2D eigenvalue weighted by Gasteiger charge is -2.19. The summed E-state index contributed by atoms with van der Waals surface area (Å²) in [7, 11) is 0. The summed E-state index contributed by atoms with van der Waals surface area (Å²) in [6, 6.07) is 3.46. The second-order valence-electron chi connectivity index (χ2n) is 7.25. The molecule has 29 heavy (non-hydrogen) atoms. The van der Waals surface area contributed by atoms with E-state index in [-0.39, 0.29) is 36.6 Å². The first-order chi connectivity index (χ1) is 13.2. The highest BCUT2D eigenvalue weighted by Gasteiger charge is 2.32. The zero-order valence-electron chi connectivity index (χ0n) is 16.1. The molecular weight excluding hydrogens is 431 g/mol. The van der Waals surface area contributed by atoms with Crippen LogP contribution in [-0.4, -0.2) is 41.3 Å². The number of rotatable bonds is 4. The van der Waals surface area contributed by atoms with Gasteiger partial charge in [0.2, 0.25) is 0 Å². The van der Waals surface area contributed by atoms with Gasteiger partial charge in [-0.3, -0.25) is 14.6 Å². The van der Waals surface area contributed by atoms with E-state index in [1.54, 1.807) is 29.7 Å². The van der Waals surface area contributed by atoms with Crippen LogP contribution >= 0.6 is 36.2 Å². The van der Waals surface area contributed by atoms with E-state index >= 15 is 0 Å². The molecule has 3 heterocycles. The number of aromatic nitrogens is 1. The smallest absolute Gasteiger partial charge is 0.257 e. The SMILES string of the molecule is Cl.Cl.NCC1CCN(C(=O)c2c(NC(=O)c3cccnc3)sc3c2CCCC3)C1. The predicted octanol–water partition coefficient (Wildman–Crippen LogP) is 3.54. The van der Waals surface area contributed by atoms with Crippen LogP contribution in [0.25, 0.3) is 0 Å². The minimum atomic E-state index is -0.225. The highest BCUT2D eigenvalue weighted by molar-refractivity contribution is 7.17. The Bertz CT molecular complexity index is 860. The molecule has 0 aromatic carbocycles. The number of aryl methyl sites for hydroxylation is 1. The van der Waals surface area contributed by atoms with E-state index in [2.05, 4.69) is 10.3 Å². The van der Waals surface area contributed by atoms with Crippen molar-refractivity contribution in [1.82, 2.24) is 9.88 Å². The standard InChI is InChI=1S/C20H24N4O2S.2ClH/c21-10-13-7-9-24(12-13)20(26)17-15-5-1-2-6-16(15)27-19(17)23-18(25)14-4-3-8-22-11-14;;/h3-4,8,11,13H,1-2,5-7,9-10,12,21H2,(H,23,25);2*1H. The van der Waals surface area contributed by atoms with Crippen molar-refractivity contribution in [3.63, 3.8) is 0 Å². The zero-order chi connectivity index (χ0) is 18.8. The lowest BCUT2D eigenvalue weighted by molar-refractivity contribution is 0.0788. The van der Waals surface area contributed by atoms with Crippen LogP contribution in [0, 0.1) is 5.92 Å². The average molecular weight is 457 g/mol. The summed E-state index contributed by atoms with van der Waals surface area (Å²) in [5, 5.41) is 3.66. The molecule has 3 N–H and O–H groups in total. The van der Waals surface area contributed by atoms with Crippen molar-refractivity contribution in [3.8, 4) is 0 Å². The zero-order valence-corrected chi connectivity index (χ0v) is 18.5. The molecule has 0 radical (unpaired) electrons. The summed E-state index contributed by atoms with van der Waals surface area (Å²) < 4.78 is 0. The Hall–Kier alpha value is -1.67. The molecular formula is C20H26Cl2N4O2S. The van der Waals surface area contributed by atoms with Gasteiger partial charge in [-0.2, -0.15) is 0 Å². The van der Waals surface area contributed by atoms with E-state index in [9.17, 15) is 9.59 Å². The molecule has 6 nitrogen and oxygen atoms in total. The van der Waals surface area contributed by atoms with Gasteiger partial charge >= 0.3 is 0 Å². The van der Waals surface area contributed by atoms with Gasteiger partial charge in [0.25, 0.3) is 11.8 Å². The number of hydrogen-bond acceptors (Lipinski definition) is 5. The molecule has 2 aromatic rings. The van der Waals surface area contributed by atoms with Crippen LogP contribution in [0.1, 0.15) is 50.4 Å². The number of nitrogens with zero attached hydrogens (tertiary/aromatic N) is 2. The highest BCUT2D eigenvalue weighted by Crippen LogP contribution is 2.39. The first kappa shape index (κ1) is 23.6. The maximum atomic E-state index is 13.3. The van der Waals surface area contributed by atoms with Crippen LogP contribution in [0.3, 0.4) is 0 Å². The number of nitrogens with one attached hydrogen (secondary N) is 1. The fourth-order valence-electron chi connectivity index (χ4n) is 3.92. The number of carbonyl (C=O) groups is 2.